The Morgan fingerprint density at radius 1 is 1.12 bits per heavy atom. The van der Waals surface area contributed by atoms with Gasteiger partial charge in [0.1, 0.15) is 12.3 Å². The number of fused-ring (bicyclic) bond motifs is 1. The SMILES string of the molecule is COc1ccc([C@H]2CC(=O)N(CC(=O)NCc3ccco3)c3ccccc3S2)cc1OC. The fraction of sp³-hybridized carbons (Fsp3) is 0.250. The van der Waals surface area contributed by atoms with E-state index < -0.39 is 0 Å². The van der Waals surface area contributed by atoms with Crippen LogP contribution in [-0.4, -0.2) is 32.6 Å². The highest BCUT2D eigenvalue weighted by Crippen LogP contribution is 2.46. The Labute approximate surface area is 190 Å². The molecule has 0 spiro atoms. The number of carbonyl (C=O) groups is 2. The molecule has 8 heteroatoms. The van der Waals surface area contributed by atoms with Gasteiger partial charge in [-0.3, -0.25) is 9.59 Å². The Hall–Kier alpha value is -3.39. The van der Waals surface area contributed by atoms with Gasteiger partial charge in [-0.05, 0) is 42.0 Å². The summed E-state index contributed by atoms with van der Waals surface area (Å²) in [7, 11) is 3.18. The number of anilines is 1. The zero-order chi connectivity index (χ0) is 22.5. The molecule has 0 radical (unpaired) electrons. The highest BCUT2D eigenvalue weighted by molar-refractivity contribution is 7.99. The van der Waals surface area contributed by atoms with E-state index in [0.29, 0.717) is 17.3 Å². The van der Waals surface area contributed by atoms with Crippen LogP contribution >= 0.6 is 11.8 Å². The molecule has 0 unspecified atom stereocenters. The van der Waals surface area contributed by atoms with Crippen LogP contribution in [0, 0.1) is 0 Å². The summed E-state index contributed by atoms with van der Waals surface area (Å²) in [5.74, 6) is 1.54. The number of hydrogen-bond donors (Lipinski definition) is 1. The third kappa shape index (κ3) is 4.75. The zero-order valence-electron chi connectivity index (χ0n) is 17.9. The Balaban J connectivity index is 1.56. The maximum atomic E-state index is 13.3. The van der Waals surface area contributed by atoms with Gasteiger partial charge in [-0.2, -0.15) is 0 Å². The van der Waals surface area contributed by atoms with Crippen molar-refractivity contribution in [3.63, 3.8) is 0 Å². The van der Waals surface area contributed by atoms with Crippen LogP contribution in [0.1, 0.15) is 23.0 Å². The minimum Gasteiger partial charge on any atom is -0.493 e. The van der Waals surface area contributed by atoms with E-state index in [1.54, 1.807) is 49.3 Å². The molecule has 1 N–H and O–H groups in total. The number of rotatable bonds is 7. The minimum absolute atomic E-state index is 0.0598. The van der Waals surface area contributed by atoms with Gasteiger partial charge in [-0.1, -0.05) is 18.2 Å². The third-order valence-electron chi connectivity index (χ3n) is 5.21. The lowest BCUT2D eigenvalue weighted by Crippen LogP contribution is -2.40. The Bertz CT molecular complexity index is 1100. The molecule has 7 nitrogen and oxygen atoms in total. The van der Waals surface area contributed by atoms with Crippen molar-refractivity contribution in [1.29, 1.82) is 0 Å². The smallest absolute Gasteiger partial charge is 0.240 e. The Morgan fingerprint density at radius 2 is 1.94 bits per heavy atom. The van der Waals surface area contributed by atoms with Crippen molar-refractivity contribution in [3.05, 3.63) is 72.2 Å². The molecule has 1 aromatic heterocycles. The van der Waals surface area contributed by atoms with Gasteiger partial charge in [0.05, 0.1) is 32.7 Å². The van der Waals surface area contributed by atoms with Gasteiger partial charge in [-0.25, -0.2) is 0 Å². The molecule has 0 saturated heterocycles. The van der Waals surface area contributed by atoms with E-state index in [4.69, 9.17) is 13.9 Å². The summed E-state index contributed by atoms with van der Waals surface area (Å²) in [5.41, 5.74) is 1.69. The molecule has 1 aliphatic rings. The topological polar surface area (TPSA) is 81.0 Å². The molecule has 1 aliphatic heterocycles. The average Bonchev–Trinajstić information content (AvgIpc) is 3.30. The van der Waals surface area contributed by atoms with Crippen LogP contribution in [0.4, 0.5) is 5.69 Å². The van der Waals surface area contributed by atoms with Crippen LogP contribution in [-0.2, 0) is 16.1 Å². The molecule has 2 aromatic carbocycles. The van der Waals surface area contributed by atoms with Gasteiger partial charge in [0.2, 0.25) is 11.8 Å². The summed E-state index contributed by atoms with van der Waals surface area (Å²) in [6.45, 7) is 0.217. The highest BCUT2D eigenvalue weighted by atomic mass is 32.2. The Morgan fingerprint density at radius 3 is 2.69 bits per heavy atom. The standard InChI is InChI=1S/C24H24N2O5S/c1-29-19-10-9-16(12-20(19)30-2)22-13-24(28)26(18-7-3-4-8-21(18)32-22)15-23(27)25-14-17-6-5-11-31-17/h3-12,22H,13-15H2,1-2H3,(H,25,27)/t22-/m1/s1. The summed E-state index contributed by atoms with van der Waals surface area (Å²) >= 11 is 1.60. The van der Waals surface area contributed by atoms with Crippen LogP contribution in [0.2, 0.25) is 0 Å². The summed E-state index contributed by atoms with van der Waals surface area (Å²) in [5, 5.41) is 2.69. The second-order valence-electron chi connectivity index (χ2n) is 7.23. The van der Waals surface area contributed by atoms with E-state index in [2.05, 4.69) is 5.32 Å². The first-order valence-corrected chi connectivity index (χ1v) is 11.0. The fourth-order valence-electron chi connectivity index (χ4n) is 3.59. The van der Waals surface area contributed by atoms with Crippen LogP contribution in [0.15, 0.2) is 70.2 Å². The van der Waals surface area contributed by atoms with Crippen LogP contribution < -0.4 is 19.7 Å². The number of nitrogens with one attached hydrogen (secondary N) is 1. The number of nitrogens with zero attached hydrogens (tertiary/aromatic N) is 1. The van der Waals surface area contributed by atoms with Crippen molar-refractivity contribution in [1.82, 2.24) is 5.32 Å². The maximum Gasteiger partial charge on any atom is 0.240 e. The molecule has 0 fully saturated rings. The van der Waals surface area contributed by atoms with Crippen molar-refractivity contribution in [2.24, 2.45) is 0 Å². The number of hydrogen-bond acceptors (Lipinski definition) is 6. The number of amides is 2. The van der Waals surface area contributed by atoms with Crippen molar-refractivity contribution in [3.8, 4) is 11.5 Å². The molecule has 0 aliphatic carbocycles. The lowest BCUT2D eigenvalue weighted by molar-refractivity contribution is -0.124. The zero-order valence-corrected chi connectivity index (χ0v) is 18.7. The number of furan rings is 1. The molecule has 32 heavy (non-hydrogen) atoms. The first kappa shape index (κ1) is 21.8. The maximum absolute atomic E-state index is 13.3. The van der Waals surface area contributed by atoms with Crippen LogP contribution in [0.3, 0.4) is 0 Å². The molecular formula is C24H24N2O5S. The molecular weight excluding hydrogens is 428 g/mol. The predicted molar refractivity (Wildman–Crippen MR) is 122 cm³/mol. The van der Waals surface area contributed by atoms with Gasteiger partial charge in [0, 0.05) is 16.6 Å². The number of ether oxygens (including phenoxy) is 2. The normalized spacial score (nSPS) is 15.6. The summed E-state index contributed by atoms with van der Waals surface area (Å²) in [6.07, 6.45) is 1.81. The predicted octanol–water partition coefficient (Wildman–Crippen LogP) is 4.18. The molecule has 2 heterocycles. The molecule has 3 aromatic rings. The average molecular weight is 453 g/mol. The minimum atomic E-state index is -0.251. The van der Waals surface area contributed by atoms with Gasteiger partial charge in [-0.15, -0.1) is 11.8 Å². The van der Waals surface area contributed by atoms with Crippen molar-refractivity contribution >= 4 is 29.3 Å². The van der Waals surface area contributed by atoms with Gasteiger partial charge >= 0.3 is 0 Å². The second kappa shape index (κ2) is 9.82. The van der Waals surface area contributed by atoms with Crippen molar-refractivity contribution in [2.75, 3.05) is 25.7 Å². The van der Waals surface area contributed by atoms with Gasteiger partial charge < -0.3 is 24.1 Å². The van der Waals surface area contributed by atoms with Crippen molar-refractivity contribution < 1.29 is 23.5 Å². The molecule has 4 rings (SSSR count). The van der Waals surface area contributed by atoms with Crippen LogP contribution in [0.5, 0.6) is 11.5 Å². The van der Waals surface area contributed by atoms with E-state index in [0.717, 1.165) is 16.1 Å². The molecule has 0 saturated carbocycles. The van der Waals surface area contributed by atoms with E-state index >= 15 is 0 Å². The van der Waals surface area contributed by atoms with E-state index in [1.807, 2.05) is 42.5 Å². The van der Waals surface area contributed by atoms with Crippen molar-refractivity contribution in [2.45, 2.75) is 23.1 Å². The first-order chi connectivity index (χ1) is 15.6. The van der Waals surface area contributed by atoms with E-state index in [1.165, 1.54) is 0 Å². The molecule has 2 amide bonds. The van der Waals surface area contributed by atoms with Gasteiger partial charge in [0.25, 0.3) is 0 Å². The fourth-order valence-corrected chi connectivity index (χ4v) is 4.86. The number of methoxy groups -OCH3 is 2. The number of carbonyl (C=O) groups excluding carboxylic acids is 2. The van der Waals surface area contributed by atoms with Gasteiger partial charge in [0.15, 0.2) is 11.5 Å². The highest BCUT2D eigenvalue weighted by Gasteiger charge is 2.30. The lowest BCUT2D eigenvalue weighted by Gasteiger charge is -2.22. The van der Waals surface area contributed by atoms with E-state index in [9.17, 15) is 9.59 Å². The second-order valence-corrected chi connectivity index (χ2v) is 8.47. The summed E-state index contributed by atoms with van der Waals surface area (Å²) in [4.78, 5) is 28.4. The number of thioether (sulfide) groups is 1. The number of para-hydroxylation sites is 1. The van der Waals surface area contributed by atoms with E-state index in [-0.39, 0.29) is 36.6 Å². The molecule has 166 valence electrons. The monoisotopic (exact) mass is 452 g/mol. The largest absolute Gasteiger partial charge is 0.493 e. The lowest BCUT2D eigenvalue weighted by atomic mass is 10.1. The summed E-state index contributed by atoms with van der Waals surface area (Å²) < 4.78 is 16.0. The molecule has 1 atom stereocenters. The number of benzene rings is 2. The quantitative estimate of drug-likeness (QED) is 0.579. The third-order valence-corrected chi connectivity index (χ3v) is 6.53. The first-order valence-electron chi connectivity index (χ1n) is 10.2. The van der Waals surface area contributed by atoms with Crippen LogP contribution in [0.25, 0.3) is 0 Å². The summed E-state index contributed by atoms with van der Waals surface area (Å²) in [6, 6.07) is 16.9. The molecule has 0 bridgehead atoms. The Kier molecular flexibility index (Phi) is 6.70.